The Hall–Kier alpha value is -3.02. The van der Waals surface area contributed by atoms with Gasteiger partial charge in [0.25, 0.3) is 5.91 Å². The molecule has 2 amide bonds. The summed E-state index contributed by atoms with van der Waals surface area (Å²) in [5, 5.41) is 0. The summed E-state index contributed by atoms with van der Waals surface area (Å²) in [6.45, 7) is 2.28. The van der Waals surface area contributed by atoms with E-state index < -0.39 is 0 Å². The van der Waals surface area contributed by atoms with Crippen LogP contribution in [-0.2, 0) is 11.3 Å². The smallest absolute Gasteiger partial charge is 0.253 e. The second-order valence-corrected chi connectivity index (χ2v) is 7.30. The third-order valence-electron chi connectivity index (χ3n) is 5.14. The molecule has 0 aliphatic carbocycles. The minimum absolute atomic E-state index is 0.0637. The van der Waals surface area contributed by atoms with Gasteiger partial charge < -0.3 is 19.3 Å². The van der Waals surface area contributed by atoms with Crippen molar-refractivity contribution in [3.05, 3.63) is 59.7 Å². The molecule has 0 radical (unpaired) electrons. The Morgan fingerprint density at radius 1 is 1.14 bits per heavy atom. The topological polar surface area (TPSA) is 59.1 Å². The summed E-state index contributed by atoms with van der Waals surface area (Å²) in [4.78, 5) is 28.0. The number of rotatable bonds is 5. The number of nitrogens with zero attached hydrogens (tertiary/aromatic N) is 2. The molecule has 6 nitrogen and oxygen atoms in total. The number of likely N-dealkylation sites (tertiary alicyclic amines) is 1. The summed E-state index contributed by atoms with van der Waals surface area (Å²) >= 11 is 0. The van der Waals surface area contributed by atoms with Crippen molar-refractivity contribution in [1.29, 1.82) is 0 Å². The van der Waals surface area contributed by atoms with Gasteiger partial charge in [-0.25, -0.2) is 0 Å². The highest BCUT2D eigenvalue weighted by molar-refractivity contribution is 5.94. The molecule has 1 unspecified atom stereocenters. The maximum atomic E-state index is 12.7. The fourth-order valence-corrected chi connectivity index (χ4v) is 3.61. The number of para-hydroxylation sites is 2. The molecule has 1 atom stereocenters. The van der Waals surface area contributed by atoms with Gasteiger partial charge in [-0.3, -0.25) is 9.59 Å². The van der Waals surface area contributed by atoms with Gasteiger partial charge >= 0.3 is 0 Å². The zero-order valence-electron chi connectivity index (χ0n) is 16.0. The molecule has 0 aromatic heterocycles. The zero-order chi connectivity index (χ0) is 19.5. The highest BCUT2D eigenvalue weighted by atomic mass is 16.6. The van der Waals surface area contributed by atoms with E-state index in [0.717, 1.165) is 24.3 Å². The van der Waals surface area contributed by atoms with Crippen molar-refractivity contribution >= 4 is 11.8 Å². The van der Waals surface area contributed by atoms with E-state index in [0.29, 0.717) is 37.4 Å². The molecule has 28 heavy (non-hydrogen) atoms. The standard InChI is InChI=1S/C22H24N2O4/c1-23(14-18-15-27-19-5-2-3-6-20(19)28-18)22(26)17-10-8-16(9-11-17)13-24-12-4-7-21(24)25/h2-3,5-6,8-11,18H,4,7,12-15H2,1H3. The van der Waals surface area contributed by atoms with Crippen LogP contribution in [0.15, 0.2) is 48.5 Å². The van der Waals surface area contributed by atoms with Crippen molar-refractivity contribution in [2.75, 3.05) is 26.7 Å². The summed E-state index contributed by atoms with van der Waals surface area (Å²) in [6, 6.07) is 15.0. The lowest BCUT2D eigenvalue weighted by atomic mass is 10.1. The highest BCUT2D eigenvalue weighted by Gasteiger charge is 2.24. The van der Waals surface area contributed by atoms with E-state index in [1.54, 1.807) is 11.9 Å². The molecule has 6 heteroatoms. The molecular weight excluding hydrogens is 356 g/mol. The maximum absolute atomic E-state index is 12.7. The van der Waals surface area contributed by atoms with Crippen LogP contribution >= 0.6 is 0 Å². The van der Waals surface area contributed by atoms with Gasteiger partial charge in [0.1, 0.15) is 6.61 Å². The molecule has 1 fully saturated rings. The van der Waals surface area contributed by atoms with Crippen LogP contribution in [0.3, 0.4) is 0 Å². The van der Waals surface area contributed by atoms with E-state index in [1.807, 2.05) is 53.4 Å². The van der Waals surface area contributed by atoms with Gasteiger partial charge in [0.05, 0.1) is 6.54 Å². The Kier molecular flexibility index (Phi) is 5.19. The second-order valence-electron chi connectivity index (χ2n) is 7.30. The molecule has 0 saturated carbocycles. The lowest BCUT2D eigenvalue weighted by Gasteiger charge is -2.29. The Morgan fingerprint density at radius 2 is 1.89 bits per heavy atom. The van der Waals surface area contributed by atoms with E-state index in [9.17, 15) is 9.59 Å². The first kappa shape index (κ1) is 18.3. The summed E-state index contributed by atoms with van der Waals surface area (Å²) in [7, 11) is 1.77. The van der Waals surface area contributed by atoms with Gasteiger partial charge in [-0.1, -0.05) is 24.3 Å². The monoisotopic (exact) mass is 380 g/mol. The molecule has 2 aliphatic rings. The third-order valence-corrected chi connectivity index (χ3v) is 5.14. The van der Waals surface area contributed by atoms with E-state index in [-0.39, 0.29) is 17.9 Å². The molecule has 2 aromatic carbocycles. The number of carbonyl (C=O) groups is 2. The Labute approximate surface area is 164 Å². The molecule has 2 heterocycles. The van der Waals surface area contributed by atoms with Crippen LogP contribution in [0.5, 0.6) is 11.5 Å². The van der Waals surface area contributed by atoms with Crippen LogP contribution in [0.4, 0.5) is 0 Å². The molecule has 1 saturated heterocycles. The average Bonchev–Trinajstić information content (AvgIpc) is 3.12. The second kappa shape index (κ2) is 7.92. The van der Waals surface area contributed by atoms with Gasteiger partial charge in [0.2, 0.25) is 5.91 Å². The number of fused-ring (bicyclic) bond motifs is 1. The van der Waals surface area contributed by atoms with Crippen molar-refractivity contribution in [3.8, 4) is 11.5 Å². The highest BCUT2D eigenvalue weighted by Crippen LogP contribution is 2.31. The number of ether oxygens (including phenoxy) is 2. The number of amides is 2. The van der Waals surface area contributed by atoms with Gasteiger partial charge in [0.15, 0.2) is 17.6 Å². The predicted molar refractivity (Wildman–Crippen MR) is 104 cm³/mol. The first-order chi connectivity index (χ1) is 13.6. The van der Waals surface area contributed by atoms with Gasteiger partial charge in [-0.05, 0) is 36.2 Å². The largest absolute Gasteiger partial charge is 0.486 e. The van der Waals surface area contributed by atoms with Crippen molar-refractivity contribution in [3.63, 3.8) is 0 Å². The maximum Gasteiger partial charge on any atom is 0.253 e. The van der Waals surface area contributed by atoms with E-state index in [4.69, 9.17) is 9.47 Å². The van der Waals surface area contributed by atoms with E-state index in [2.05, 4.69) is 0 Å². The van der Waals surface area contributed by atoms with Crippen LogP contribution in [0.1, 0.15) is 28.8 Å². The van der Waals surface area contributed by atoms with Crippen LogP contribution in [0.25, 0.3) is 0 Å². The number of hydrogen-bond donors (Lipinski definition) is 0. The molecule has 0 spiro atoms. The molecule has 2 aliphatic heterocycles. The molecule has 2 aromatic rings. The SMILES string of the molecule is CN(CC1COc2ccccc2O1)C(=O)c1ccc(CN2CCCC2=O)cc1. The fraction of sp³-hybridized carbons (Fsp3) is 0.364. The van der Waals surface area contributed by atoms with Gasteiger partial charge in [-0.15, -0.1) is 0 Å². The van der Waals surface area contributed by atoms with Crippen LogP contribution in [0, 0.1) is 0 Å². The van der Waals surface area contributed by atoms with Crippen molar-refractivity contribution < 1.29 is 19.1 Å². The first-order valence-corrected chi connectivity index (χ1v) is 9.61. The number of benzene rings is 2. The van der Waals surface area contributed by atoms with Crippen LogP contribution < -0.4 is 9.47 Å². The quantitative estimate of drug-likeness (QED) is 0.800. The summed E-state index contributed by atoms with van der Waals surface area (Å²) < 4.78 is 11.7. The van der Waals surface area contributed by atoms with Crippen LogP contribution in [0.2, 0.25) is 0 Å². The Morgan fingerprint density at radius 3 is 2.61 bits per heavy atom. The number of hydrogen-bond acceptors (Lipinski definition) is 4. The third kappa shape index (κ3) is 3.96. The summed E-state index contributed by atoms with van der Waals surface area (Å²) in [5.41, 5.74) is 1.66. The molecule has 4 rings (SSSR count). The summed E-state index contributed by atoms with van der Waals surface area (Å²) in [5.74, 6) is 1.59. The Balaban J connectivity index is 1.34. The zero-order valence-corrected chi connectivity index (χ0v) is 16.0. The van der Waals surface area contributed by atoms with Gasteiger partial charge in [-0.2, -0.15) is 0 Å². The fourth-order valence-electron chi connectivity index (χ4n) is 3.61. The minimum atomic E-state index is -0.204. The van der Waals surface area contributed by atoms with Crippen molar-refractivity contribution in [1.82, 2.24) is 9.80 Å². The first-order valence-electron chi connectivity index (χ1n) is 9.61. The lowest BCUT2D eigenvalue weighted by Crippen LogP contribution is -2.41. The van der Waals surface area contributed by atoms with Crippen LogP contribution in [-0.4, -0.2) is 54.5 Å². The van der Waals surface area contributed by atoms with E-state index >= 15 is 0 Å². The average molecular weight is 380 g/mol. The van der Waals surface area contributed by atoms with Gasteiger partial charge in [0, 0.05) is 32.1 Å². The summed E-state index contributed by atoms with van der Waals surface area (Å²) in [6.07, 6.45) is 1.36. The minimum Gasteiger partial charge on any atom is -0.486 e. The normalized spacial score (nSPS) is 18.2. The molecular formula is C22H24N2O4. The molecule has 0 N–H and O–H groups in total. The molecule has 0 bridgehead atoms. The lowest BCUT2D eigenvalue weighted by molar-refractivity contribution is -0.128. The van der Waals surface area contributed by atoms with Crippen molar-refractivity contribution in [2.24, 2.45) is 0 Å². The molecule has 146 valence electrons. The predicted octanol–water partition coefficient (Wildman–Crippen LogP) is 2.72. The van der Waals surface area contributed by atoms with E-state index in [1.165, 1.54) is 0 Å². The number of carbonyl (C=O) groups excluding carboxylic acids is 2. The van der Waals surface area contributed by atoms with Crippen molar-refractivity contribution in [2.45, 2.75) is 25.5 Å². The number of likely N-dealkylation sites (N-methyl/N-ethyl adjacent to an activating group) is 1. The Bertz CT molecular complexity index is 865.